The van der Waals surface area contributed by atoms with Crippen molar-refractivity contribution in [3.05, 3.63) is 109 Å². The van der Waals surface area contributed by atoms with Crippen LogP contribution in [-0.4, -0.2) is 37.2 Å². The molecule has 0 rings (SSSR count). The van der Waals surface area contributed by atoms with Crippen molar-refractivity contribution < 1.29 is 28.6 Å². The van der Waals surface area contributed by atoms with Gasteiger partial charge in [-0.2, -0.15) is 0 Å². The van der Waals surface area contributed by atoms with Gasteiger partial charge < -0.3 is 14.2 Å². The standard InChI is InChI=1S/C75H128O6/c1-4-7-10-13-16-19-22-25-27-29-31-32-33-34-35-36-37-38-39-40-41-42-44-45-47-50-53-56-59-62-65-68-74(77)80-71-72(70-79-73(76)67-64-61-58-55-52-49-24-21-18-15-12-9-6-3)81-75(78)69-66-63-60-57-54-51-48-46-43-30-28-26-23-20-17-14-11-8-5-2/h7,10,16-17,19-21,24-28,31-32,34-35,43,46,72H,4-6,8-9,11-15,18,22-23,29-30,33,36-42,44-45,47-71H2,1-3H3/b10-7-,19-16-,20-17-,24-21-,27-25-,28-26-,32-31-,35-34-,46-43-. The molecule has 1 unspecified atom stereocenters. The van der Waals surface area contributed by atoms with Crippen LogP contribution >= 0.6 is 0 Å². The summed E-state index contributed by atoms with van der Waals surface area (Å²) in [6.45, 7) is 6.49. The van der Waals surface area contributed by atoms with Gasteiger partial charge in [0.2, 0.25) is 0 Å². The third-order valence-corrected chi connectivity index (χ3v) is 14.7. The first-order valence-electron chi connectivity index (χ1n) is 34.4. The van der Waals surface area contributed by atoms with Crippen LogP contribution in [-0.2, 0) is 28.6 Å². The maximum atomic E-state index is 12.9. The van der Waals surface area contributed by atoms with Crippen LogP contribution in [0.25, 0.3) is 0 Å². The second-order valence-corrected chi connectivity index (χ2v) is 22.7. The SMILES string of the molecule is CC/C=C\C/C=C\C/C=C\C/C=C\C/C=C\CCCCCCCCCCCCCCCCCC(=O)OCC(COC(=O)CCCCCCC/C=C\CCCCCC)OC(=O)CCCCCCCC/C=C\C/C=C\C/C=C\CCCCC. The van der Waals surface area contributed by atoms with E-state index < -0.39 is 6.10 Å². The molecule has 0 aliphatic heterocycles. The largest absolute Gasteiger partial charge is 0.462 e. The lowest BCUT2D eigenvalue weighted by Crippen LogP contribution is -2.30. The van der Waals surface area contributed by atoms with Gasteiger partial charge in [-0.3, -0.25) is 14.4 Å². The van der Waals surface area contributed by atoms with Gasteiger partial charge in [-0.1, -0.05) is 291 Å². The molecule has 0 fully saturated rings. The zero-order chi connectivity index (χ0) is 58.5. The van der Waals surface area contributed by atoms with E-state index in [4.69, 9.17) is 14.2 Å². The molecule has 0 bridgehead atoms. The molecule has 1 atom stereocenters. The monoisotopic (exact) mass is 1120 g/mol. The summed E-state index contributed by atoms with van der Waals surface area (Å²) in [6, 6.07) is 0. The van der Waals surface area contributed by atoms with E-state index in [2.05, 4.69) is 130 Å². The first-order valence-corrected chi connectivity index (χ1v) is 34.4. The van der Waals surface area contributed by atoms with Gasteiger partial charge in [0.15, 0.2) is 6.10 Å². The van der Waals surface area contributed by atoms with Gasteiger partial charge >= 0.3 is 17.9 Å². The number of hydrogen-bond acceptors (Lipinski definition) is 6. The summed E-state index contributed by atoms with van der Waals surface area (Å²) in [5.41, 5.74) is 0. The number of carbonyl (C=O) groups excluding carboxylic acids is 3. The van der Waals surface area contributed by atoms with Gasteiger partial charge in [-0.05, 0) is 128 Å². The zero-order valence-electron chi connectivity index (χ0n) is 53.3. The first-order chi connectivity index (χ1) is 40.0. The van der Waals surface area contributed by atoms with Crippen LogP contribution in [0.2, 0.25) is 0 Å². The van der Waals surface area contributed by atoms with Crippen molar-refractivity contribution in [2.75, 3.05) is 13.2 Å². The van der Waals surface area contributed by atoms with Crippen molar-refractivity contribution in [1.82, 2.24) is 0 Å². The molecule has 0 aromatic heterocycles. The van der Waals surface area contributed by atoms with E-state index in [1.54, 1.807) is 0 Å². The molecule has 6 nitrogen and oxygen atoms in total. The van der Waals surface area contributed by atoms with Crippen molar-refractivity contribution in [2.45, 2.75) is 335 Å². The van der Waals surface area contributed by atoms with Crippen molar-refractivity contribution >= 4 is 17.9 Å². The number of hydrogen-bond donors (Lipinski definition) is 0. The Morgan fingerprint density at radius 3 is 0.790 bits per heavy atom. The molecule has 0 aliphatic carbocycles. The van der Waals surface area contributed by atoms with Gasteiger partial charge in [0, 0.05) is 19.3 Å². The second-order valence-electron chi connectivity index (χ2n) is 22.7. The Morgan fingerprint density at radius 2 is 0.481 bits per heavy atom. The van der Waals surface area contributed by atoms with Gasteiger partial charge in [-0.15, -0.1) is 0 Å². The summed E-state index contributed by atoms with van der Waals surface area (Å²) in [5, 5.41) is 0. The fourth-order valence-electron chi connectivity index (χ4n) is 9.59. The molecule has 0 heterocycles. The van der Waals surface area contributed by atoms with E-state index >= 15 is 0 Å². The molecule has 0 radical (unpaired) electrons. The molecule has 0 spiro atoms. The summed E-state index contributed by atoms with van der Waals surface area (Å²) >= 11 is 0. The van der Waals surface area contributed by atoms with E-state index in [-0.39, 0.29) is 31.1 Å². The Balaban J connectivity index is 4.25. The Morgan fingerprint density at radius 1 is 0.259 bits per heavy atom. The number of unbranched alkanes of at least 4 members (excludes halogenated alkanes) is 33. The van der Waals surface area contributed by atoms with Crippen molar-refractivity contribution in [3.63, 3.8) is 0 Å². The summed E-state index contributed by atoms with van der Waals surface area (Å²) in [4.78, 5) is 38.4. The molecule has 0 aliphatic rings. The summed E-state index contributed by atoms with van der Waals surface area (Å²) in [7, 11) is 0. The lowest BCUT2D eigenvalue weighted by molar-refractivity contribution is -0.167. The fourth-order valence-corrected chi connectivity index (χ4v) is 9.59. The molecule has 0 amide bonds. The molecule has 0 aromatic carbocycles. The number of esters is 3. The van der Waals surface area contributed by atoms with Crippen molar-refractivity contribution in [3.8, 4) is 0 Å². The van der Waals surface area contributed by atoms with Crippen LogP contribution in [0.3, 0.4) is 0 Å². The average Bonchev–Trinajstić information content (AvgIpc) is 3.46. The minimum absolute atomic E-state index is 0.0846. The molecule has 0 saturated carbocycles. The van der Waals surface area contributed by atoms with E-state index in [1.807, 2.05) is 0 Å². The van der Waals surface area contributed by atoms with Crippen LogP contribution in [0.4, 0.5) is 0 Å². The molecule has 0 N–H and O–H groups in total. The molecule has 464 valence electrons. The maximum absolute atomic E-state index is 12.9. The van der Waals surface area contributed by atoms with E-state index in [1.165, 1.54) is 167 Å². The summed E-state index contributed by atoms with van der Waals surface area (Å²) in [5.74, 6) is -0.895. The summed E-state index contributed by atoms with van der Waals surface area (Å²) < 4.78 is 16.9. The van der Waals surface area contributed by atoms with Crippen molar-refractivity contribution in [1.29, 1.82) is 0 Å². The van der Waals surface area contributed by atoms with Crippen LogP contribution in [0.5, 0.6) is 0 Å². The van der Waals surface area contributed by atoms with E-state index in [0.29, 0.717) is 19.3 Å². The first kappa shape index (κ1) is 77.1. The lowest BCUT2D eigenvalue weighted by atomic mass is 10.0. The topological polar surface area (TPSA) is 78.9 Å². The van der Waals surface area contributed by atoms with E-state index in [0.717, 1.165) is 122 Å². The third-order valence-electron chi connectivity index (χ3n) is 14.7. The Kier molecular flexibility index (Phi) is 65.2. The van der Waals surface area contributed by atoms with Gasteiger partial charge in [-0.25, -0.2) is 0 Å². The molecule has 0 saturated heterocycles. The molecule has 81 heavy (non-hydrogen) atoms. The number of ether oxygens (including phenoxy) is 3. The number of carbonyl (C=O) groups is 3. The minimum atomic E-state index is -0.790. The van der Waals surface area contributed by atoms with Crippen molar-refractivity contribution in [2.24, 2.45) is 0 Å². The van der Waals surface area contributed by atoms with Gasteiger partial charge in [0.05, 0.1) is 0 Å². The predicted octanol–water partition coefficient (Wildman–Crippen LogP) is 23.8. The quantitative estimate of drug-likeness (QED) is 0.0261. The number of allylic oxidation sites excluding steroid dienone is 18. The number of rotatable bonds is 62. The van der Waals surface area contributed by atoms with E-state index in [9.17, 15) is 14.4 Å². The second kappa shape index (κ2) is 68.6. The minimum Gasteiger partial charge on any atom is -0.462 e. The lowest BCUT2D eigenvalue weighted by Gasteiger charge is -2.18. The zero-order valence-corrected chi connectivity index (χ0v) is 53.3. The van der Waals surface area contributed by atoms with Gasteiger partial charge in [0.1, 0.15) is 13.2 Å². The third kappa shape index (κ3) is 66.8. The molecule has 0 aromatic rings. The molecule has 6 heteroatoms. The normalized spacial score (nSPS) is 12.8. The molecular formula is C75H128O6. The van der Waals surface area contributed by atoms with Crippen LogP contribution in [0, 0.1) is 0 Å². The van der Waals surface area contributed by atoms with Crippen LogP contribution < -0.4 is 0 Å². The van der Waals surface area contributed by atoms with Crippen LogP contribution in [0.15, 0.2) is 109 Å². The maximum Gasteiger partial charge on any atom is 0.306 e. The Bertz CT molecular complexity index is 1620. The highest BCUT2D eigenvalue weighted by atomic mass is 16.6. The molecular weight excluding hydrogens is 997 g/mol. The predicted molar refractivity (Wildman–Crippen MR) is 353 cm³/mol. The van der Waals surface area contributed by atoms with Crippen LogP contribution in [0.1, 0.15) is 329 Å². The Labute approximate surface area is 501 Å². The summed E-state index contributed by atoms with van der Waals surface area (Å²) in [6.07, 6.45) is 93.9. The highest BCUT2D eigenvalue weighted by Crippen LogP contribution is 2.17. The highest BCUT2D eigenvalue weighted by Gasteiger charge is 2.19. The highest BCUT2D eigenvalue weighted by molar-refractivity contribution is 5.71. The van der Waals surface area contributed by atoms with Gasteiger partial charge in [0.25, 0.3) is 0 Å². The Hall–Kier alpha value is -3.93. The average molecular weight is 1130 g/mol. The smallest absolute Gasteiger partial charge is 0.306 e. The fraction of sp³-hybridized carbons (Fsp3) is 0.720.